The second-order valence-electron chi connectivity index (χ2n) is 3.97. The van der Waals surface area contributed by atoms with E-state index >= 15 is 0 Å². The van der Waals surface area contributed by atoms with Crippen molar-refractivity contribution in [1.29, 1.82) is 0 Å². The van der Waals surface area contributed by atoms with E-state index in [-0.39, 0.29) is 11.9 Å². The number of nitrogens with one attached hydrogen (secondary N) is 1. The van der Waals surface area contributed by atoms with Gasteiger partial charge in [0, 0.05) is 0 Å². The minimum Gasteiger partial charge on any atom is -0.345 e. The molecule has 0 aliphatic carbocycles. The quantitative estimate of drug-likeness (QED) is 0.904. The molecule has 0 bridgehead atoms. The predicted octanol–water partition coefficient (Wildman–Crippen LogP) is 2.94. The molecule has 1 amide bonds. The number of hydrogen-bond acceptors (Lipinski definition) is 3. The van der Waals surface area contributed by atoms with E-state index in [1.807, 2.05) is 38.1 Å². The molecule has 0 fully saturated rings. The van der Waals surface area contributed by atoms with Crippen LogP contribution in [0.2, 0.25) is 0 Å². The lowest BCUT2D eigenvalue weighted by Gasteiger charge is -2.13. The summed E-state index contributed by atoms with van der Waals surface area (Å²) in [7, 11) is 0. The number of benzene rings is 1. The first-order valence-electron chi connectivity index (χ1n) is 5.43. The Bertz CT molecular complexity index is 491. The monoisotopic (exact) mass is 246 g/mol. The van der Waals surface area contributed by atoms with E-state index in [4.69, 9.17) is 0 Å². The molecule has 2 aromatic rings. The topological polar surface area (TPSA) is 42.0 Å². The number of aryl methyl sites for hydroxylation is 1. The third-order valence-electron chi connectivity index (χ3n) is 2.58. The van der Waals surface area contributed by atoms with Crippen LogP contribution in [0.3, 0.4) is 0 Å². The molecule has 1 aromatic heterocycles. The van der Waals surface area contributed by atoms with E-state index < -0.39 is 0 Å². The fraction of sp³-hybridized carbons (Fsp3) is 0.231. The molecule has 0 spiro atoms. The van der Waals surface area contributed by atoms with Crippen molar-refractivity contribution in [2.24, 2.45) is 0 Å². The van der Waals surface area contributed by atoms with Gasteiger partial charge in [-0.1, -0.05) is 29.8 Å². The van der Waals surface area contributed by atoms with Crippen molar-refractivity contribution in [1.82, 2.24) is 10.3 Å². The van der Waals surface area contributed by atoms with Crippen molar-refractivity contribution in [2.45, 2.75) is 19.9 Å². The van der Waals surface area contributed by atoms with Crippen LogP contribution in [0.4, 0.5) is 0 Å². The van der Waals surface area contributed by atoms with E-state index in [1.54, 1.807) is 11.7 Å². The Morgan fingerprint density at radius 2 is 2.06 bits per heavy atom. The summed E-state index contributed by atoms with van der Waals surface area (Å²) >= 11 is 1.35. The zero-order chi connectivity index (χ0) is 12.3. The van der Waals surface area contributed by atoms with Crippen LogP contribution in [0.1, 0.15) is 33.8 Å². The van der Waals surface area contributed by atoms with Crippen LogP contribution in [0.15, 0.2) is 36.0 Å². The summed E-state index contributed by atoms with van der Waals surface area (Å²) in [5.74, 6) is -0.0689. The van der Waals surface area contributed by atoms with E-state index in [9.17, 15) is 4.79 Å². The summed E-state index contributed by atoms with van der Waals surface area (Å²) in [5.41, 5.74) is 3.98. The zero-order valence-corrected chi connectivity index (χ0v) is 10.6. The molecule has 0 radical (unpaired) electrons. The van der Waals surface area contributed by atoms with Crippen molar-refractivity contribution >= 4 is 17.2 Å². The average Bonchev–Trinajstić information content (AvgIpc) is 2.83. The Morgan fingerprint density at radius 1 is 1.35 bits per heavy atom. The molecule has 0 aliphatic rings. The highest BCUT2D eigenvalue weighted by Crippen LogP contribution is 2.14. The second-order valence-corrected chi connectivity index (χ2v) is 4.86. The molecule has 17 heavy (non-hydrogen) atoms. The summed E-state index contributed by atoms with van der Waals surface area (Å²) in [4.78, 5) is 16.4. The molecular weight excluding hydrogens is 232 g/mol. The van der Waals surface area contributed by atoms with E-state index in [1.165, 1.54) is 16.9 Å². The van der Waals surface area contributed by atoms with Gasteiger partial charge in [-0.05, 0) is 19.4 Å². The predicted molar refractivity (Wildman–Crippen MR) is 69.2 cm³/mol. The standard InChI is InChI=1S/C13H14N2OS/c1-9-3-5-11(6-4-9)10(2)15-13(16)12-7-14-8-17-12/h3-8,10H,1-2H3,(H,15,16)/t10-/m1/s1. The number of carbonyl (C=O) groups excluding carboxylic acids is 1. The molecule has 3 nitrogen and oxygen atoms in total. The summed E-state index contributed by atoms with van der Waals surface area (Å²) in [6.45, 7) is 4.02. The minimum absolute atomic E-state index is 0.00481. The van der Waals surface area contributed by atoms with Crippen LogP contribution in [0, 0.1) is 6.92 Å². The first kappa shape index (κ1) is 11.8. The Labute approximate surface area is 105 Å². The van der Waals surface area contributed by atoms with Crippen LogP contribution in [-0.4, -0.2) is 10.9 Å². The number of aromatic nitrogens is 1. The van der Waals surface area contributed by atoms with E-state index in [0.29, 0.717) is 4.88 Å². The van der Waals surface area contributed by atoms with Gasteiger partial charge in [0.15, 0.2) is 0 Å². The Kier molecular flexibility index (Phi) is 3.54. The number of hydrogen-bond donors (Lipinski definition) is 1. The molecule has 1 aromatic carbocycles. The van der Waals surface area contributed by atoms with Crippen molar-refractivity contribution in [2.75, 3.05) is 0 Å². The zero-order valence-electron chi connectivity index (χ0n) is 9.81. The van der Waals surface area contributed by atoms with Gasteiger partial charge in [0.2, 0.25) is 0 Å². The van der Waals surface area contributed by atoms with Crippen molar-refractivity contribution in [3.8, 4) is 0 Å². The lowest BCUT2D eigenvalue weighted by Crippen LogP contribution is -2.25. The number of amides is 1. The normalized spacial score (nSPS) is 12.1. The fourth-order valence-electron chi connectivity index (χ4n) is 1.53. The third-order valence-corrected chi connectivity index (χ3v) is 3.35. The molecular formula is C13H14N2OS. The van der Waals surface area contributed by atoms with Crippen LogP contribution < -0.4 is 5.32 Å². The Hall–Kier alpha value is -1.68. The maximum atomic E-state index is 11.8. The molecule has 1 N–H and O–H groups in total. The number of rotatable bonds is 3. The van der Waals surface area contributed by atoms with Crippen molar-refractivity contribution < 1.29 is 4.79 Å². The van der Waals surface area contributed by atoms with Gasteiger partial charge in [-0.3, -0.25) is 9.78 Å². The van der Waals surface area contributed by atoms with Gasteiger partial charge in [0.1, 0.15) is 4.88 Å². The summed E-state index contributed by atoms with van der Waals surface area (Å²) in [5, 5.41) is 2.95. The highest BCUT2D eigenvalue weighted by Gasteiger charge is 2.12. The first-order valence-corrected chi connectivity index (χ1v) is 6.30. The van der Waals surface area contributed by atoms with Gasteiger partial charge in [-0.2, -0.15) is 0 Å². The van der Waals surface area contributed by atoms with Gasteiger partial charge < -0.3 is 5.32 Å². The lowest BCUT2D eigenvalue weighted by atomic mass is 10.1. The highest BCUT2D eigenvalue weighted by molar-refractivity contribution is 7.11. The Balaban J connectivity index is 2.04. The Morgan fingerprint density at radius 3 is 2.65 bits per heavy atom. The molecule has 1 heterocycles. The minimum atomic E-state index is -0.0689. The summed E-state index contributed by atoms with van der Waals surface area (Å²) in [6, 6.07) is 8.17. The molecule has 0 aliphatic heterocycles. The van der Waals surface area contributed by atoms with Crippen LogP contribution in [0.25, 0.3) is 0 Å². The SMILES string of the molecule is Cc1ccc([C@@H](C)NC(=O)c2cncs2)cc1. The molecule has 4 heteroatoms. The third kappa shape index (κ3) is 2.91. The van der Waals surface area contributed by atoms with Crippen LogP contribution >= 0.6 is 11.3 Å². The van der Waals surface area contributed by atoms with Crippen LogP contribution in [-0.2, 0) is 0 Å². The van der Waals surface area contributed by atoms with Gasteiger partial charge >= 0.3 is 0 Å². The van der Waals surface area contributed by atoms with Gasteiger partial charge in [-0.25, -0.2) is 0 Å². The maximum Gasteiger partial charge on any atom is 0.263 e. The van der Waals surface area contributed by atoms with Gasteiger partial charge in [0.25, 0.3) is 5.91 Å². The average molecular weight is 246 g/mol. The maximum absolute atomic E-state index is 11.8. The van der Waals surface area contributed by atoms with E-state index in [2.05, 4.69) is 10.3 Å². The fourth-order valence-corrected chi connectivity index (χ4v) is 2.06. The number of thiazole rings is 1. The molecule has 88 valence electrons. The molecule has 0 saturated heterocycles. The highest BCUT2D eigenvalue weighted by atomic mass is 32.1. The molecule has 1 atom stereocenters. The second kappa shape index (κ2) is 5.10. The van der Waals surface area contributed by atoms with Gasteiger partial charge in [-0.15, -0.1) is 11.3 Å². The largest absolute Gasteiger partial charge is 0.345 e. The van der Waals surface area contributed by atoms with Crippen molar-refractivity contribution in [3.63, 3.8) is 0 Å². The lowest BCUT2D eigenvalue weighted by molar-refractivity contribution is 0.0944. The molecule has 0 unspecified atom stereocenters. The van der Waals surface area contributed by atoms with E-state index in [0.717, 1.165) is 5.56 Å². The van der Waals surface area contributed by atoms with Gasteiger partial charge in [0.05, 0.1) is 17.7 Å². The molecule has 0 saturated carbocycles. The summed E-state index contributed by atoms with van der Waals surface area (Å²) in [6.07, 6.45) is 1.59. The number of nitrogens with zero attached hydrogens (tertiary/aromatic N) is 1. The molecule has 2 rings (SSSR count). The first-order chi connectivity index (χ1) is 8.16. The summed E-state index contributed by atoms with van der Waals surface area (Å²) < 4.78 is 0. The smallest absolute Gasteiger partial charge is 0.263 e. The number of carbonyl (C=O) groups is 1. The van der Waals surface area contributed by atoms with Crippen molar-refractivity contribution in [3.05, 3.63) is 52.0 Å². The van der Waals surface area contributed by atoms with Crippen LogP contribution in [0.5, 0.6) is 0 Å².